The molecule has 0 bridgehead atoms. The molecule has 0 aromatic carbocycles. The molecule has 0 amide bonds. The van der Waals surface area contributed by atoms with Gasteiger partial charge in [-0.1, -0.05) is 5.16 Å². The fraction of sp³-hybridized carbons (Fsp3) is 0.316. The standard InChI is InChI=1S/C19H19N5O3S2/c1-12-17(13(2)27-22-12)29(25,26)23-8-5-15(10-23)24-18(14-6-9-28-11-14)21-16-4-3-7-20-19(16)24/h3-4,6-7,9,11,15H,5,8,10H2,1-2H3. The Hall–Kier alpha value is -2.56. The fourth-order valence-corrected chi connectivity index (χ4v) is 6.40. The molecule has 5 heterocycles. The van der Waals surface area contributed by atoms with Gasteiger partial charge in [0.1, 0.15) is 21.9 Å². The van der Waals surface area contributed by atoms with E-state index in [1.54, 1.807) is 31.4 Å². The number of fused-ring (bicyclic) bond motifs is 1. The molecule has 8 nitrogen and oxygen atoms in total. The molecule has 0 spiro atoms. The highest BCUT2D eigenvalue weighted by atomic mass is 32.2. The van der Waals surface area contributed by atoms with Gasteiger partial charge in [-0.05, 0) is 43.8 Å². The number of pyridine rings is 1. The summed E-state index contributed by atoms with van der Waals surface area (Å²) in [5, 5.41) is 7.86. The molecule has 0 N–H and O–H groups in total. The Bertz CT molecular complexity index is 1270. The number of imidazole rings is 1. The number of hydrogen-bond donors (Lipinski definition) is 0. The van der Waals surface area contributed by atoms with Gasteiger partial charge in [-0.15, -0.1) is 0 Å². The molecule has 0 saturated carbocycles. The molecule has 0 radical (unpaired) electrons. The van der Waals surface area contributed by atoms with Crippen LogP contribution in [0.25, 0.3) is 22.6 Å². The SMILES string of the molecule is Cc1noc(C)c1S(=O)(=O)N1CCC(n2c(-c3ccsc3)nc3cccnc32)C1. The van der Waals surface area contributed by atoms with Crippen molar-refractivity contribution in [3.05, 3.63) is 46.6 Å². The van der Waals surface area contributed by atoms with Crippen molar-refractivity contribution in [2.75, 3.05) is 13.1 Å². The quantitative estimate of drug-likeness (QED) is 0.493. The maximum absolute atomic E-state index is 13.2. The normalized spacial score (nSPS) is 18.1. The Morgan fingerprint density at radius 2 is 2.14 bits per heavy atom. The Labute approximate surface area is 171 Å². The zero-order valence-electron chi connectivity index (χ0n) is 15.9. The Balaban J connectivity index is 1.56. The topological polar surface area (TPSA) is 94.1 Å². The van der Waals surface area contributed by atoms with Crippen molar-refractivity contribution in [2.45, 2.75) is 31.2 Å². The number of aryl methyl sites for hydroxylation is 2. The van der Waals surface area contributed by atoms with Crippen LogP contribution in [0.5, 0.6) is 0 Å². The first-order valence-corrected chi connectivity index (χ1v) is 11.6. The van der Waals surface area contributed by atoms with Crippen LogP contribution in [0.1, 0.15) is 23.9 Å². The average Bonchev–Trinajstić information content (AvgIpc) is 3.47. The lowest BCUT2D eigenvalue weighted by molar-refractivity contribution is 0.389. The highest BCUT2D eigenvalue weighted by Gasteiger charge is 2.38. The molecule has 1 atom stereocenters. The highest BCUT2D eigenvalue weighted by Crippen LogP contribution is 2.35. The number of rotatable bonds is 4. The predicted octanol–water partition coefficient (Wildman–Crippen LogP) is 3.40. The number of nitrogens with zero attached hydrogens (tertiary/aromatic N) is 5. The molecule has 4 aromatic heterocycles. The summed E-state index contributed by atoms with van der Waals surface area (Å²) in [6.07, 6.45) is 2.42. The van der Waals surface area contributed by atoms with Crippen LogP contribution in [-0.4, -0.2) is 45.5 Å². The second kappa shape index (κ2) is 6.75. The van der Waals surface area contributed by atoms with Crippen molar-refractivity contribution in [3.8, 4) is 11.4 Å². The lowest BCUT2D eigenvalue weighted by atomic mass is 10.2. The summed E-state index contributed by atoms with van der Waals surface area (Å²) < 4.78 is 35.1. The third kappa shape index (κ3) is 2.90. The largest absolute Gasteiger partial charge is 0.360 e. The number of hydrogen-bond acceptors (Lipinski definition) is 7. The molecule has 0 aliphatic carbocycles. The van der Waals surface area contributed by atoms with E-state index in [1.165, 1.54) is 4.31 Å². The van der Waals surface area contributed by atoms with Crippen molar-refractivity contribution < 1.29 is 12.9 Å². The van der Waals surface area contributed by atoms with Crippen molar-refractivity contribution in [1.29, 1.82) is 0 Å². The minimum atomic E-state index is -3.68. The van der Waals surface area contributed by atoms with Crippen molar-refractivity contribution >= 4 is 32.5 Å². The van der Waals surface area contributed by atoms with Crippen molar-refractivity contribution in [3.63, 3.8) is 0 Å². The summed E-state index contributed by atoms with van der Waals surface area (Å²) in [7, 11) is -3.68. The molecule has 1 aliphatic heterocycles. The summed E-state index contributed by atoms with van der Waals surface area (Å²) in [6, 6.07) is 5.76. The van der Waals surface area contributed by atoms with Gasteiger partial charge in [0.15, 0.2) is 11.4 Å². The summed E-state index contributed by atoms with van der Waals surface area (Å²) in [5.74, 6) is 1.14. The van der Waals surface area contributed by atoms with Gasteiger partial charge in [-0.3, -0.25) is 0 Å². The van der Waals surface area contributed by atoms with Crippen LogP contribution in [0, 0.1) is 13.8 Å². The van der Waals surface area contributed by atoms with Gasteiger partial charge in [-0.25, -0.2) is 18.4 Å². The van der Waals surface area contributed by atoms with Gasteiger partial charge in [0.2, 0.25) is 10.0 Å². The monoisotopic (exact) mass is 429 g/mol. The first-order valence-electron chi connectivity index (χ1n) is 9.25. The second-order valence-corrected chi connectivity index (χ2v) is 9.78. The lowest BCUT2D eigenvalue weighted by Gasteiger charge is -2.18. The van der Waals surface area contributed by atoms with E-state index in [2.05, 4.69) is 14.7 Å². The van der Waals surface area contributed by atoms with Gasteiger partial charge >= 0.3 is 0 Å². The van der Waals surface area contributed by atoms with Crippen LogP contribution in [0.3, 0.4) is 0 Å². The fourth-order valence-electron chi connectivity index (χ4n) is 3.98. The molecule has 29 heavy (non-hydrogen) atoms. The van der Waals surface area contributed by atoms with Crippen LogP contribution in [0.2, 0.25) is 0 Å². The minimum Gasteiger partial charge on any atom is -0.360 e. The maximum atomic E-state index is 13.2. The molecule has 10 heteroatoms. The Morgan fingerprint density at radius 3 is 2.86 bits per heavy atom. The van der Waals surface area contributed by atoms with Gasteiger partial charge in [0, 0.05) is 30.2 Å². The molecule has 5 rings (SSSR count). The maximum Gasteiger partial charge on any atom is 0.248 e. The Kier molecular flexibility index (Phi) is 4.30. The average molecular weight is 430 g/mol. The van der Waals surface area contributed by atoms with E-state index in [4.69, 9.17) is 9.51 Å². The second-order valence-electron chi connectivity index (χ2n) is 7.12. The minimum absolute atomic E-state index is 0.0555. The third-order valence-corrected chi connectivity index (χ3v) is 8.08. The van der Waals surface area contributed by atoms with E-state index < -0.39 is 10.0 Å². The zero-order valence-corrected chi connectivity index (χ0v) is 17.6. The van der Waals surface area contributed by atoms with E-state index in [1.807, 2.05) is 29.0 Å². The summed E-state index contributed by atoms with van der Waals surface area (Å²) >= 11 is 1.60. The summed E-state index contributed by atoms with van der Waals surface area (Å²) in [5.41, 5.74) is 2.98. The van der Waals surface area contributed by atoms with E-state index in [0.29, 0.717) is 31.0 Å². The molecule has 1 unspecified atom stereocenters. The lowest BCUT2D eigenvalue weighted by Crippen LogP contribution is -2.30. The van der Waals surface area contributed by atoms with Crippen LogP contribution in [0.15, 0.2) is 44.6 Å². The summed E-state index contributed by atoms with van der Waals surface area (Å²) in [4.78, 5) is 9.48. The highest BCUT2D eigenvalue weighted by molar-refractivity contribution is 7.89. The van der Waals surface area contributed by atoms with Gasteiger partial charge in [0.25, 0.3) is 0 Å². The number of sulfonamides is 1. The molecule has 1 aliphatic rings. The number of aromatic nitrogens is 4. The Morgan fingerprint density at radius 1 is 1.28 bits per heavy atom. The van der Waals surface area contributed by atoms with Gasteiger partial charge < -0.3 is 9.09 Å². The van der Waals surface area contributed by atoms with Crippen LogP contribution in [-0.2, 0) is 10.0 Å². The molecule has 4 aromatic rings. The van der Waals surface area contributed by atoms with E-state index in [-0.39, 0.29) is 10.9 Å². The number of thiophene rings is 1. The molecule has 1 saturated heterocycles. The zero-order chi connectivity index (χ0) is 20.2. The van der Waals surface area contributed by atoms with Crippen LogP contribution < -0.4 is 0 Å². The van der Waals surface area contributed by atoms with Crippen LogP contribution >= 0.6 is 11.3 Å². The predicted molar refractivity (Wildman–Crippen MR) is 109 cm³/mol. The van der Waals surface area contributed by atoms with Crippen molar-refractivity contribution in [2.24, 2.45) is 0 Å². The molecule has 150 valence electrons. The van der Waals surface area contributed by atoms with Gasteiger partial charge in [0.05, 0.1) is 6.04 Å². The first kappa shape index (κ1) is 18.5. The summed E-state index contributed by atoms with van der Waals surface area (Å²) in [6.45, 7) is 4.06. The molecular weight excluding hydrogens is 410 g/mol. The third-order valence-electron chi connectivity index (χ3n) is 5.29. The van der Waals surface area contributed by atoms with Gasteiger partial charge in [-0.2, -0.15) is 15.6 Å². The van der Waals surface area contributed by atoms with E-state index >= 15 is 0 Å². The smallest absolute Gasteiger partial charge is 0.248 e. The van der Waals surface area contributed by atoms with Crippen molar-refractivity contribution in [1.82, 2.24) is 24.0 Å². The van der Waals surface area contributed by atoms with E-state index in [0.717, 1.165) is 22.6 Å². The molecular formula is C19H19N5O3S2. The first-order chi connectivity index (χ1) is 14.0. The van der Waals surface area contributed by atoms with Crippen LogP contribution in [0.4, 0.5) is 0 Å². The van der Waals surface area contributed by atoms with E-state index in [9.17, 15) is 8.42 Å². The molecule has 1 fully saturated rings.